The van der Waals surface area contributed by atoms with Gasteiger partial charge in [0, 0.05) is 63.1 Å². The second kappa shape index (κ2) is 30.8. The van der Waals surface area contributed by atoms with Crippen molar-refractivity contribution in [3.63, 3.8) is 0 Å². The number of nitrogens with zero attached hydrogens (tertiary/aromatic N) is 6. The maximum Gasteiger partial charge on any atom is 0.350 e. The maximum absolute atomic E-state index is 13.5. The van der Waals surface area contributed by atoms with Crippen LogP contribution in [0.4, 0.5) is 11.6 Å². The van der Waals surface area contributed by atoms with Crippen LogP contribution in [0.3, 0.4) is 0 Å². The zero-order valence-electron chi connectivity index (χ0n) is 52.7. The number of amides is 2. The van der Waals surface area contributed by atoms with Crippen LogP contribution < -0.4 is 22.0 Å². The Bertz CT molecular complexity index is 2790. The number of rotatable bonds is 18. The summed E-state index contributed by atoms with van der Waals surface area (Å²) in [6, 6.07) is 20.8. The molecule has 2 aliphatic rings. The lowest BCUT2D eigenvalue weighted by molar-refractivity contribution is 0.0272. The molecule has 2 amide bonds. The summed E-state index contributed by atoms with van der Waals surface area (Å²) in [6.07, 6.45) is 0.569. The van der Waals surface area contributed by atoms with E-state index >= 15 is 0 Å². The molecular weight excluding hydrogens is 1100 g/mol. The van der Waals surface area contributed by atoms with E-state index in [-0.39, 0.29) is 83.1 Å². The highest BCUT2D eigenvalue weighted by molar-refractivity contribution is 8.00. The number of anilines is 2. The minimum atomic E-state index is -2.40. The molecule has 19 nitrogen and oxygen atoms in total. The Labute approximate surface area is 485 Å². The van der Waals surface area contributed by atoms with Crippen LogP contribution in [-0.4, -0.2) is 145 Å². The summed E-state index contributed by atoms with van der Waals surface area (Å²) < 4.78 is 59.5. The molecule has 4 aromatic rings. The Morgan fingerprint density at radius 2 is 1.16 bits per heavy atom. The summed E-state index contributed by atoms with van der Waals surface area (Å²) in [4.78, 5) is 63.1. The van der Waals surface area contributed by atoms with Crippen molar-refractivity contribution in [2.75, 3.05) is 38.0 Å². The first kappa shape index (κ1) is 62.5. The second-order valence-corrected chi connectivity index (χ2v) is 35.7. The van der Waals surface area contributed by atoms with Gasteiger partial charge in [0.05, 0.1) is 6.10 Å². The third kappa shape index (κ3) is 18.7. The van der Waals surface area contributed by atoms with Crippen LogP contribution in [0.1, 0.15) is 117 Å². The first-order valence-electron chi connectivity index (χ1n) is 28.2. The summed E-state index contributed by atoms with van der Waals surface area (Å²) in [6.45, 7) is 37.4. The SMILES string of the molecule is [2H]C[C@H]1S[C@@H](n2ccc(NC(=O)c3ccccc3)nc2=O)[C@H](O[Si](C)(C)C(C)(C)C)[C@@H]1O.[2H]C[C@H]1S[C@@H](n2ccc(NC(=O)c3ccccc3)nc2=O)[C@H](O[Si](C)(C)C(C)(C)C)[C@@H]1OP(OCC[N+]#[C-])N(C(C)C)C(C)C.[3H]OC.[3H]OC. The standard InChI is InChI=1S/C31H48N5O5PSSi.C22H31N3O4SSi.2CH4O/c1-21(2)36(22(3)4)42(39-20-18-32-9)40-26-23(5)43-29(27(26)41-44(10,11)31(6,7)8)35-19-17-25(34-30(35)38)33-28(37)24-15-13-12-14-16-24;1-14-17(26)18(29-31(5,6)22(2,3)4)20(30-14)25-13-12-16(24-21(25)28)23-19(27)15-10-8-7-9-11-15;2*1-2/h12-17,19,21-23,26-27,29H,18,20H2,1-8,10-11H3,(H,33,34,37,38);7-14,17-18,20,26H,1-6H3,(H,23,24,27,28);2*2H,1H3/t23-,26-,27-,29-,42?;14-,17-,18-,20-;;/m11../s1/i5D;1D;2*2T. The Balaban J connectivity index is 0.000000415. The zero-order chi connectivity index (χ0) is 62.6. The highest BCUT2D eigenvalue weighted by Crippen LogP contribution is 2.55. The van der Waals surface area contributed by atoms with Gasteiger partial charge in [-0.25, -0.2) is 20.8 Å². The predicted octanol–water partition coefficient (Wildman–Crippen LogP) is 10.3. The molecule has 0 aliphatic carbocycles. The van der Waals surface area contributed by atoms with Gasteiger partial charge in [-0.05, 0) is 100 Å². The summed E-state index contributed by atoms with van der Waals surface area (Å²) >= 11 is 2.83. The third-order valence-corrected chi connectivity index (χ3v) is 27.6. The van der Waals surface area contributed by atoms with Gasteiger partial charge < -0.3 is 48.7 Å². The lowest BCUT2D eigenvalue weighted by Crippen LogP contribution is -2.50. The lowest BCUT2D eigenvalue weighted by Gasteiger charge is -2.42. The molecule has 5 N–H and O–H groups in total. The van der Waals surface area contributed by atoms with Crippen molar-refractivity contribution >= 4 is 72.1 Å². The summed E-state index contributed by atoms with van der Waals surface area (Å²) in [5, 5.41) is 21.3. The van der Waals surface area contributed by atoms with E-state index in [0.717, 1.165) is 0 Å². The molecule has 2 aromatic heterocycles. The predicted molar refractivity (Wildman–Crippen MR) is 326 cm³/mol. The van der Waals surface area contributed by atoms with E-state index in [4.69, 9.17) is 30.1 Å². The van der Waals surface area contributed by atoms with E-state index in [9.17, 15) is 24.3 Å². The molecular formula is C55H87N8O11PS2Si2. The average molecular weight is 1190 g/mol. The number of hydrogen-bond donors (Lipinski definition) is 5. The largest absolute Gasteiger partial charge is 0.408 e. The van der Waals surface area contributed by atoms with E-state index in [0.29, 0.717) is 11.1 Å². The molecule has 2 aromatic carbocycles. The van der Waals surface area contributed by atoms with Crippen molar-refractivity contribution in [2.45, 2.75) is 177 Å². The van der Waals surface area contributed by atoms with Crippen molar-refractivity contribution in [3.05, 3.63) is 129 Å². The number of aromatic nitrogens is 4. The topological polar surface area (TPSA) is 233 Å². The number of carbonyl (C=O) groups excluding carboxylic acids is 2. The van der Waals surface area contributed by atoms with E-state index in [1.54, 1.807) is 73.1 Å². The number of aliphatic hydroxyl groups is 3. The van der Waals surface area contributed by atoms with Crippen LogP contribution in [-0.2, 0) is 17.9 Å². The first-order valence-corrected chi connectivity index (χ1v) is 34.8. The summed E-state index contributed by atoms with van der Waals surface area (Å²) in [5.41, 5.74) is -0.153. The van der Waals surface area contributed by atoms with Gasteiger partial charge in [-0.3, -0.25) is 18.7 Å². The number of carbonyl (C=O) groups is 2. The van der Waals surface area contributed by atoms with Gasteiger partial charge in [0.2, 0.25) is 9.41 Å². The smallest absolute Gasteiger partial charge is 0.350 e. The molecule has 79 heavy (non-hydrogen) atoms. The molecule has 24 heteroatoms. The Kier molecular flexibility index (Phi) is 24.4. The molecule has 9 atom stereocenters. The monoisotopic (exact) mass is 1190 g/mol. The quantitative estimate of drug-likeness (QED) is 0.0270. The van der Waals surface area contributed by atoms with Gasteiger partial charge >= 0.3 is 11.4 Å². The highest BCUT2D eigenvalue weighted by Gasteiger charge is 2.52. The van der Waals surface area contributed by atoms with Gasteiger partial charge in [0.25, 0.3) is 20.3 Å². The fraction of sp³-hybridized carbons (Fsp3) is 0.582. The van der Waals surface area contributed by atoms with Crippen LogP contribution in [0.2, 0.25) is 36.3 Å². The normalized spacial score (nSPS) is 22.3. The number of nitrogens with one attached hydrogen (secondary N) is 2. The van der Waals surface area contributed by atoms with Gasteiger partial charge in [-0.1, -0.05) is 91.7 Å². The van der Waals surface area contributed by atoms with Gasteiger partial charge in [-0.15, -0.1) is 23.5 Å². The van der Waals surface area contributed by atoms with Crippen LogP contribution in [0, 0.1) is 6.57 Å². The summed E-state index contributed by atoms with van der Waals surface area (Å²) in [5.74, 6) is -0.401. The van der Waals surface area contributed by atoms with Crippen LogP contribution in [0.15, 0.2) is 94.8 Å². The van der Waals surface area contributed by atoms with Gasteiger partial charge in [0.1, 0.15) is 47.3 Å². The van der Waals surface area contributed by atoms with Crippen LogP contribution in [0.25, 0.3) is 4.85 Å². The molecule has 0 spiro atoms. The molecule has 0 saturated carbocycles. The lowest BCUT2D eigenvalue weighted by atomic mass is 10.1. The number of benzene rings is 2. The van der Waals surface area contributed by atoms with Crippen molar-refractivity contribution in [2.24, 2.45) is 0 Å². The van der Waals surface area contributed by atoms with Crippen LogP contribution >= 0.6 is 32.0 Å². The first-order chi connectivity index (χ1) is 38.9. The minimum Gasteiger partial charge on any atom is -0.408 e. The minimum absolute atomic E-state index is 0.0209. The van der Waals surface area contributed by atoms with Crippen LogP contribution in [0.5, 0.6) is 0 Å². The molecule has 438 valence electrons. The summed E-state index contributed by atoms with van der Waals surface area (Å²) in [7, 11) is -3.67. The van der Waals surface area contributed by atoms with E-state index in [2.05, 4.69) is 136 Å². The number of aliphatic hydroxyl groups excluding tert-OH is 3. The molecule has 0 bridgehead atoms. The van der Waals surface area contributed by atoms with Crippen molar-refractivity contribution < 1.29 is 45.6 Å². The molecule has 2 saturated heterocycles. The molecule has 6 rings (SSSR count). The number of thioether (sulfide) groups is 2. The third-order valence-electron chi connectivity index (χ3n) is 13.7. The zero-order valence-corrected chi connectivity index (χ0v) is 53.2. The number of hydrogen-bond acceptors (Lipinski definition) is 16. The fourth-order valence-corrected chi connectivity index (χ4v) is 15.0. The average Bonchev–Trinajstić information content (AvgIpc) is 3.17. The van der Waals surface area contributed by atoms with Crippen molar-refractivity contribution in [1.29, 1.82) is 2.86 Å². The maximum atomic E-state index is 13.5. The van der Waals surface area contributed by atoms with Gasteiger partial charge in [-0.2, -0.15) is 9.97 Å². The molecule has 1 unspecified atom stereocenters. The highest BCUT2D eigenvalue weighted by atomic mass is 32.2. The Morgan fingerprint density at radius 1 is 0.759 bits per heavy atom. The molecule has 4 heterocycles. The molecule has 2 aliphatic heterocycles. The van der Waals surface area contributed by atoms with E-state index in [1.807, 2.05) is 12.1 Å². The molecule has 2 fully saturated rings. The Hall–Kier alpha value is -4.13. The Morgan fingerprint density at radius 3 is 1.54 bits per heavy atom. The van der Waals surface area contributed by atoms with Gasteiger partial charge in [0.15, 0.2) is 16.6 Å². The second-order valence-electron chi connectivity index (χ2n) is 22.0. The molecule has 0 radical (unpaired) electrons. The van der Waals surface area contributed by atoms with Crippen molar-refractivity contribution in [3.8, 4) is 0 Å². The van der Waals surface area contributed by atoms with E-state index in [1.165, 1.54) is 46.9 Å². The van der Waals surface area contributed by atoms with E-state index < -0.39 is 71.7 Å². The van der Waals surface area contributed by atoms with Crippen molar-refractivity contribution in [1.82, 2.24) is 23.8 Å². The fourth-order valence-electron chi connectivity index (χ4n) is 7.59.